The summed E-state index contributed by atoms with van der Waals surface area (Å²) in [6.45, 7) is 2.91. The number of ether oxygens (including phenoxy) is 1. The standard InChI is InChI=1S/C11H18N2O3S/c1-8-3-4-17-10(8)6-13-11(15)12-5-9(14)7-16-2/h3-4,9,14H,5-7H2,1-2H3,(H2,12,13,15). The molecule has 0 bridgehead atoms. The minimum Gasteiger partial charge on any atom is -0.389 e. The van der Waals surface area contributed by atoms with Crippen molar-refractivity contribution < 1.29 is 14.6 Å². The summed E-state index contributed by atoms with van der Waals surface area (Å²) in [5.74, 6) is 0. The van der Waals surface area contributed by atoms with Crippen LogP contribution in [-0.2, 0) is 11.3 Å². The summed E-state index contributed by atoms with van der Waals surface area (Å²) in [5.41, 5.74) is 1.18. The smallest absolute Gasteiger partial charge is 0.315 e. The molecule has 0 saturated heterocycles. The number of urea groups is 1. The molecule has 5 nitrogen and oxygen atoms in total. The molecule has 0 fully saturated rings. The molecule has 1 heterocycles. The van der Waals surface area contributed by atoms with Crippen LogP contribution in [0.3, 0.4) is 0 Å². The number of hydrogen-bond acceptors (Lipinski definition) is 4. The molecule has 0 aliphatic carbocycles. The number of aliphatic hydroxyl groups excluding tert-OH is 1. The van der Waals surface area contributed by atoms with Gasteiger partial charge in [-0.1, -0.05) is 0 Å². The van der Waals surface area contributed by atoms with E-state index in [0.29, 0.717) is 6.54 Å². The number of hydrogen-bond donors (Lipinski definition) is 3. The predicted molar refractivity (Wildman–Crippen MR) is 67.2 cm³/mol. The van der Waals surface area contributed by atoms with Gasteiger partial charge in [-0.25, -0.2) is 4.79 Å². The average Bonchev–Trinajstić information content (AvgIpc) is 2.70. The Labute approximate surface area is 105 Å². The Balaban J connectivity index is 2.20. The second kappa shape index (κ2) is 7.26. The molecular formula is C11H18N2O3S. The fraction of sp³-hybridized carbons (Fsp3) is 0.545. The Kier molecular flexibility index (Phi) is 5.96. The summed E-state index contributed by atoms with van der Waals surface area (Å²) in [7, 11) is 1.50. The van der Waals surface area contributed by atoms with Gasteiger partial charge in [0.2, 0.25) is 0 Å². The summed E-state index contributed by atoms with van der Waals surface area (Å²) in [6.07, 6.45) is -0.672. The maximum Gasteiger partial charge on any atom is 0.315 e. The number of amides is 2. The van der Waals surface area contributed by atoms with E-state index in [1.165, 1.54) is 12.7 Å². The normalized spacial score (nSPS) is 12.2. The number of methoxy groups -OCH3 is 1. The topological polar surface area (TPSA) is 70.6 Å². The van der Waals surface area contributed by atoms with Crippen LogP contribution in [0.15, 0.2) is 11.4 Å². The molecule has 1 atom stereocenters. The van der Waals surface area contributed by atoms with Gasteiger partial charge in [0.1, 0.15) is 0 Å². The molecule has 0 radical (unpaired) electrons. The van der Waals surface area contributed by atoms with Crippen LogP contribution < -0.4 is 10.6 Å². The van der Waals surface area contributed by atoms with Crippen molar-refractivity contribution in [3.05, 3.63) is 21.9 Å². The van der Waals surface area contributed by atoms with E-state index in [1.807, 2.05) is 18.4 Å². The molecule has 1 rings (SSSR count). The summed E-state index contributed by atoms with van der Waals surface area (Å²) < 4.78 is 4.75. The number of aliphatic hydroxyl groups is 1. The van der Waals surface area contributed by atoms with Crippen molar-refractivity contribution in [1.29, 1.82) is 0 Å². The van der Waals surface area contributed by atoms with Gasteiger partial charge in [-0.2, -0.15) is 0 Å². The molecule has 17 heavy (non-hydrogen) atoms. The minimum atomic E-state index is -0.672. The molecule has 0 aromatic carbocycles. The number of rotatable bonds is 6. The van der Waals surface area contributed by atoms with Gasteiger partial charge in [0, 0.05) is 18.5 Å². The Morgan fingerprint density at radius 2 is 2.35 bits per heavy atom. The Morgan fingerprint density at radius 3 is 2.94 bits per heavy atom. The fourth-order valence-electron chi connectivity index (χ4n) is 1.27. The molecule has 1 aromatic heterocycles. The van der Waals surface area contributed by atoms with Crippen molar-refractivity contribution in [2.24, 2.45) is 0 Å². The van der Waals surface area contributed by atoms with E-state index >= 15 is 0 Å². The molecular weight excluding hydrogens is 240 g/mol. The highest BCUT2D eigenvalue weighted by molar-refractivity contribution is 7.10. The molecule has 2 amide bonds. The van der Waals surface area contributed by atoms with Crippen molar-refractivity contribution in [2.45, 2.75) is 19.6 Å². The van der Waals surface area contributed by atoms with Crippen LogP contribution in [0.25, 0.3) is 0 Å². The Morgan fingerprint density at radius 1 is 1.59 bits per heavy atom. The van der Waals surface area contributed by atoms with Gasteiger partial charge in [-0.15, -0.1) is 11.3 Å². The molecule has 0 saturated carbocycles. The van der Waals surface area contributed by atoms with Crippen molar-refractivity contribution in [3.8, 4) is 0 Å². The van der Waals surface area contributed by atoms with Crippen LogP contribution in [-0.4, -0.2) is 37.5 Å². The van der Waals surface area contributed by atoms with E-state index in [1.54, 1.807) is 11.3 Å². The predicted octanol–water partition coefficient (Wildman–Crippen LogP) is 0.863. The zero-order valence-corrected chi connectivity index (χ0v) is 10.8. The number of carbonyl (C=O) groups excluding carboxylic acids is 1. The third-order valence-corrected chi connectivity index (χ3v) is 3.26. The lowest BCUT2D eigenvalue weighted by molar-refractivity contribution is 0.0660. The van der Waals surface area contributed by atoms with E-state index in [4.69, 9.17) is 4.74 Å². The quantitative estimate of drug-likeness (QED) is 0.709. The lowest BCUT2D eigenvalue weighted by atomic mass is 10.3. The molecule has 0 aliphatic heterocycles. The summed E-state index contributed by atoms with van der Waals surface area (Å²) in [5, 5.41) is 16.6. The number of carbonyl (C=O) groups is 1. The van der Waals surface area contributed by atoms with Gasteiger partial charge >= 0.3 is 6.03 Å². The molecule has 1 unspecified atom stereocenters. The highest BCUT2D eigenvalue weighted by atomic mass is 32.1. The lowest BCUT2D eigenvalue weighted by Crippen LogP contribution is -2.40. The van der Waals surface area contributed by atoms with Crippen molar-refractivity contribution in [2.75, 3.05) is 20.3 Å². The molecule has 3 N–H and O–H groups in total. The first-order valence-corrected chi connectivity index (χ1v) is 6.23. The number of aryl methyl sites for hydroxylation is 1. The average molecular weight is 258 g/mol. The summed E-state index contributed by atoms with van der Waals surface area (Å²) in [6, 6.07) is 1.73. The largest absolute Gasteiger partial charge is 0.389 e. The second-order valence-electron chi connectivity index (χ2n) is 3.70. The first-order valence-electron chi connectivity index (χ1n) is 5.35. The van der Waals surface area contributed by atoms with Crippen LogP contribution in [0.2, 0.25) is 0 Å². The summed E-state index contributed by atoms with van der Waals surface area (Å²) in [4.78, 5) is 12.5. The third kappa shape index (κ3) is 5.16. The zero-order chi connectivity index (χ0) is 12.7. The number of nitrogens with one attached hydrogen (secondary N) is 2. The van der Waals surface area contributed by atoms with E-state index in [9.17, 15) is 9.90 Å². The highest BCUT2D eigenvalue weighted by Crippen LogP contribution is 2.14. The molecule has 6 heteroatoms. The Hall–Kier alpha value is -1.11. The van der Waals surface area contributed by atoms with Crippen LogP contribution in [0.4, 0.5) is 4.79 Å². The SMILES string of the molecule is COCC(O)CNC(=O)NCc1sccc1C. The van der Waals surface area contributed by atoms with Gasteiger partial charge in [0.15, 0.2) is 0 Å². The molecule has 0 aliphatic rings. The number of thiophene rings is 1. The highest BCUT2D eigenvalue weighted by Gasteiger charge is 2.07. The third-order valence-electron chi connectivity index (χ3n) is 2.23. The zero-order valence-electron chi connectivity index (χ0n) is 10.0. The fourth-order valence-corrected chi connectivity index (χ4v) is 2.12. The van der Waals surface area contributed by atoms with Gasteiger partial charge in [-0.3, -0.25) is 0 Å². The maximum atomic E-state index is 11.4. The lowest BCUT2D eigenvalue weighted by Gasteiger charge is -2.11. The van der Waals surface area contributed by atoms with Crippen LogP contribution in [0, 0.1) is 6.92 Å². The molecule has 96 valence electrons. The van der Waals surface area contributed by atoms with Crippen LogP contribution >= 0.6 is 11.3 Å². The van der Waals surface area contributed by atoms with Crippen molar-refractivity contribution >= 4 is 17.4 Å². The maximum absolute atomic E-state index is 11.4. The van der Waals surface area contributed by atoms with Crippen LogP contribution in [0.1, 0.15) is 10.4 Å². The van der Waals surface area contributed by atoms with Crippen molar-refractivity contribution in [3.63, 3.8) is 0 Å². The monoisotopic (exact) mass is 258 g/mol. The summed E-state index contributed by atoms with van der Waals surface area (Å²) >= 11 is 1.61. The van der Waals surface area contributed by atoms with Gasteiger partial charge in [0.25, 0.3) is 0 Å². The first kappa shape index (κ1) is 14.0. The van der Waals surface area contributed by atoms with Crippen molar-refractivity contribution in [1.82, 2.24) is 10.6 Å². The molecule has 0 spiro atoms. The first-order chi connectivity index (χ1) is 8.13. The van der Waals surface area contributed by atoms with E-state index in [0.717, 1.165) is 4.88 Å². The van der Waals surface area contributed by atoms with Gasteiger partial charge in [0.05, 0.1) is 19.3 Å². The van der Waals surface area contributed by atoms with E-state index < -0.39 is 6.10 Å². The molecule has 1 aromatic rings. The Bertz CT molecular complexity index is 354. The van der Waals surface area contributed by atoms with Gasteiger partial charge < -0.3 is 20.5 Å². The van der Waals surface area contributed by atoms with Gasteiger partial charge in [-0.05, 0) is 23.9 Å². The second-order valence-corrected chi connectivity index (χ2v) is 4.70. The van der Waals surface area contributed by atoms with E-state index in [2.05, 4.69) is 10.6 Å². The van der Waals surface area contributed by atoms with E-state index in [-0.39, 0.29) is 19.2 Å². The van der Waals surface area contributed by atoms with Crippen LogP contribution in [0.5, 0.6) is 0 Å². The minimum absolute atomic E-state index is 0.184.